The zero-order valence-corrected chi connectivity index (χ0v) is 13.7. The van der Waals surface area contributed by atoms with Crippen LogP contribution >= 0.6 is 0 Å². The lowest BCUT2D eigenvalue weighted by Crippen LogP contribution is -2.46. The van der Waals surface area contributed by atoms with Gasteiger partial charge in [0.1, 0.15) is 0 Å². The first kappa shape index (κ1) is 16.9. The lowest BCUT2D eigenvalue weighted by molar-refractivity contribution is 0.0342. The number of ether oxygens (including phenoxy) is 1. The van der Waals surface area contributed by atoms with Gasteiger partial charge in [0, 0.05) is 31.9 Å². The van der Waals surface area contributed by atoms with Crippen LogP contribution in [0.3, 0.4) is 0 Å². The molecule has 0 radical (unpaired) electrons. The number of benzene rings is 1. The summed E-state index contributed by atoms with van der Waals surface area (Å²) in [5, 5.41) is 2.87. The van der Waals surface area contributed by atoms with Crippen molar-refractivity contribution >= 4 is 15.7 Å². The minimum Gasteiger partial charge on any atom is -0.379 e. The molecular weight excluding hydrogens is 304 g/mol. The van der Waals surface area contributed by atoms with Gasteiger partial charge in [-0.25, -0.2) is 8.42 Å². The summed E-state index contributed by atoms with van der Waals surface area (Å²) < 4.78 is 28.8. The molecule has 1 aromatic carbocycles. The predicted molar refractivity (Wildman–Crippen MR) is 83.7 cm³/mol. The molecule has 1 heterocycles. The maximum atomic E-state index is 12.3. The molecule has 6 nitrogen and oxygen atoms in total. The largest absolute Gasteiger partial charge is 0.379 e. The number of morpholine rings is 1. The average Bonchev–Trinajstić information content (AvgIpc) is 2.47. The second kappa shape index (κ2) is 7.21. The Balaban J connectivity index is 2.03. The summed E-state index contributed by atoms with van der Waals surface area (Å²) in [5.41, 5.74) is 0.193. The van der Waals surface area contributed by atoms with Gasteiger partial charge < -0.3 is 10.1 Å². The van der Waals surface area contributed by atoms with Gasteiger partial charge in [0.05, 0.1) is 23.7 Å². The van der Waals surface area contributed by atoms with E-state index in [0.29, 0.717) is 13.2 Å². The summed E-state index contributed by atoms with van der Waals surface area (Å²) in [5.74, 6) is -0.359. The standard InChI is InChI=1S/C15H22N2O4S/c1-12(11-17-7-9-21-10-8-17)16-15(18)13-5-3-4-6-14(13)22(2,19)20/h3-6,12H,7-11H2,1-2H3,(H,16,18)/t12-/m1/s1. The highest BCUT2D eigenvalue weighted by atomic mass is 32.2. The molecule has 0 bridgehead atoms. The van der Waals surface area contributed by atoms with Gasteiger partial charge in [-0.15, -0.1) is 0 Å². The van der Waals surface area contributed by atoms with Gasteiger partial charge in [-0.3, -0.25) is 9.69 Å². The molecule has 1 aliphatic rings. The maximum Gasteiger partial charge on any atom is 0.252 e. The van der Waals surface area contributed by atoms with Crippen LogP contribution in [0.1, 0.15) is 17.3 Å². The number of amides is 1. The van der Waals surface area contributed by atoms with Gasteiger partial charge in [-0.05, 0) is 19.1 Å². The predicted octanol–water partition coefficient (Wildman–Crippen LogP) is 0.541. The maximum absolute atomic E-state index is 12.3. The van der Waals surface area contributed by atoms with Crippen molar-refractivity contribution in [3.63, 3.8) is 0 Å². The minimum atomic E-state index is -3.43. The fourth-order valence-electron chi connectivity index (χ4n) is 2.50. The normalized spacial score (nSPS) is 17.9. The van der Waals surface area contributed by atoms with Crippen LogP contribution in [0.2, 0.25) is 0 Å². The third kappa shape index (κ3) is 4.53. The molecule has 1 N–H and O–H groups in total. The summed E-state index contributed by atoms with van der Waals surface area (Å²) in [7, 11) is -3.43. The molecule has 0 unspecified atom stereocenters. The fourth-order valence-corrected chi connectivity index (χ4v) is 3.38. The molecule has 1 aromatic rings. The van der Waals surface area contributed by atoms with Crippen LogP contribution < -0.4 is 5.32 Å². The van der Waals surface area contributed by atoms with Crippen molar-refractivity contribution in [2.24, 2.45) is 0 Å². The van der Waals surface area contributed by atoms with Crippen molar-refractivity contribution in [2.45, 2.75) is 17.9 Å². The number of nitrogens with one attached hydrogen (secondary N) is 1. The first-order chi connectivity index (χ1) is 10.4. The third-order valence-corrected chi connectivity index (χ3v) is 4.70. The van der Waals surface area contributed by atoms with Gasteiger partial charge >= 0.3 is 0 Å². The van der Waals surface area contributed by atoms with E-state index in [9.17, 15) is 13.2 Å². The SMILES string of the molecule is C[C@H](CN1CCOCC1)NC(=O)c1ccccc1S(C)(=O)=O. The Morgan fingerprint density at radius 2 is 1.95 bits per heavy atom. The van der Waals surface area contributed by atoms with Crippen molar-refractivity contribution in [3.05, 3.63) is 29.8 Å². The number of sulfone groups is 1. The molecule has 0 aliphatic carbocycles. The second-order valence-electron chi connectivity index (χ2n) is 5.56. The van der Waals surface area contributed by atoms with E-state index in [1.165, 1.54) is 12.1 Å². The number of carbonyl (C=O) groups excluding carboxylic acids is 1. The first-order valence-electron chi connectivity index (χ1n) is 7.28. The van der Waals surface area contributed by atoms with Crippen molar-refractivity contribution in [1.82, 2.24) is 10.2 Å². The number of hydrogen-bond donors (Lipinski definition) is 1. The van der Waals surface area contributed by atoms with Gasteiger partial charge in [-0.1, -0.05) is 12.1 Å². The van der Waals surface area contributed by atoms with E-state index in [4.69, 9.17) is 4.74 Å². The van der Waals surface area contributed by atoms with Crippen LogP contribution in [0, 0.1) is 0 Å². The molecule has 0 aromatic heterocycles. The Labute approximate surface area is 131 Å². The molecule has 1 aliphatic heterocycles. The first-order valence-corrected chi connectivity index (χ1v) is 9.17. The lowest BCUT2D eigenvalue weighted by atomic mass is 10.2. The van der Waals surface area contributed by atoms with E-state index < -0.39 is 9.84 Å². The zero-order valence-electron chi connectivity index (χ0n) is 12.9. The van der Waals surface area contributed by atoms with Crippen LogP contribution in [-0.2, 0) is 14.6 Å². The highest BCUT2D eigenvalue weighted by Crippen LogP contribution is 2.15. The smallest absolute Gasteiger partial charge is 0.252 e. The highest BCUT2D eigenvalue weighted by molar-refractivity contribution is 7.90. The van der Waals surface area contributed by atoms with Crippen molar-refractivity contribution in [3.8, 4) is 0 Å². The van der Waals surface area contributed by atoms with Gasteiger partial charge in [0.15, 0.2) is 9.84 Å². The zero-order chi connectivity index (χ0) is 16.2. The quantitative estimate of drug-likeness (QED) is 0.855. The molecule has 22 heavy (non-hydrogen) atoms. The lowest BCUT2D eigenvalue weighted by Gasteiger charge is -2.29. The molecule has 0 saturated carbocycles. The Hall–Kier alpha value is -1.44. The number of hydrogen-bond acceptors (Lipinski definition) is 5. The van der Waals surface area contributed by atoms with Crippen LogP contribution in [0.25, 0.3) is 0 Å². The van der Waals surface area contributed by atoms with Gasteiger partial charge in [-0.2, -0.15) is 0 Å². The van der Waals surface area contributed by atoms with Crippen molar-refractivity contribution in [2.75, 3.05) is 39.1 Å². The van der Waals surface area contributed by atoms with Crippen LogP contribution in [-0.4, -0.2) is 64.4 Å². The number of carbonyl (C=O) groups is 1. The third-order valence-electron chi connectivity index (χ3n) is 3.54. The molecule has 1 fully saturated rings. The average molecular weight is 326 g/mol. The molecule has 1 atom stereocenters. The fraction of sp³-hybridized carbons (Fsp3) is 0.533. The Morgan fingerprint density at radius 3 is 2.59 bits per heavy atom. The monoisotopic (exact) mass is 326 g/mol. The number of rotatable bonds is 5. The van der Waals surface area contributed by atoms with Crippen LogP contribution in [0.15, 0.2) is 29.2 Å². The molecular formula is C15H22N2O4S. The van der Waals surface area contributed by atoms with E-state index in [1.807, 2.05) is 6.92 Å². The number of nitrogens with zero attached hydrogens (tertiary/aromatic N) is 1. The van der Waals surface area contributed by atoms with Crippen LogP contribution in [0.4, 0.5) is 0 Å². The Kier molecular flexibility index (Phi) is 5.55. The molecule has 122 valence electrons. The summed E-state index contributed by atoms with van der Waals surface area (Å²) in [6, 6.07) is 6.20. The van der Waals surface area contributed by atoms with Gasteiger partial charge in [0.2, 0.25) is 0 Å². The van der Waals surface area contributed by atoms with E-state index in [-0.39, 0.29) is 22.4 Å². The van der Waals surface area contributed by atoms with Crippen LogP contribution in [0.5, 0.6) is 0 Å². The molecule has 7 heteroatoms. The van der Waals surface area contributed by atoms with E-state index >= 15 is 0 Å². The second-order valence-corrected chi connectivity index (χ2v) is 7.54. The Morgan fingerprint density at radius 1 is 1.32 bits per heavy atom. The topological polar surface area (TPSA) is 75.7 Å². The summed E-state index contributed by atoms with van der Waals surface area (Å²) in [6.07, 6.45) is 1.11. The summed E-state index contributed by atoms with van der Waals surface area (Å²) in [6.45, 7) is 5.74. The summed E-state index contributed by atoms with van der Waals surface area (Å²) in [4.78, 5) is 14.6. The Bertz CT molecular complexity index is 624. The highest BCUT2D eigenvalue weighted by Gasteiger charge is 2.20. The van der Waals surface area contributed by atoms with E-state index in [0.717, 1.165) is 25.9 Å². The molecule has 1 amide bonds. The van der Waals surface area contributed by atoms with E-state index in [2.05, 4.69) is 10.2 Å². The molecule has 2 rings (SSSR count). The van der Waals surface area contributed by atoms with Crippen molar-refractivity contribution in [1.29, 1.82) is 0 Å². The minimum absolute atomic E-state index is 0.0612. The molecule has 1 saturated heterocycles. The van der Waals surface area contributed by atoms with Crippen molar-refractivity contribution < 1.29 is 17.9 Å². The summed E-state index contributed by atoms with van der Waals surface area (Å²) >= 11 is 0. The van der Waals surface area contributed by atoms with E-state index in [1.54, 1.807) is 12.1 Å². The van der Waals surface area contributed by atoms with Gasteiger partial charge in [0.25, 0.3) is 5.91 Å². The molecule has 0 spiro atoms.